The van der Waals surface area contributed by atoms with Crippen LogP contribution < -0.4 is 4.90 Å². The first kappa shape index (κ1) is 24.5. The summed E-state index contributed by atoms with van der Waals surface area (Å²) in [4.78, 5) is 28.2. The smallest absolute Gasteiger partial charge is 0.331 e. The first-order valence-corrected chi connectivity index (χ1v) is 11.7. The van der Waals surface area contributed by atoms with Gasteiger partial charge in [-0.3, -0.25) is 4.79 Å². The Bertz CT molecular complexity index is 1220. The van der Waals surface area contributed by atoms with E-state index in [0.29, 0.717) is 54.8 Å². The van der Waals surface area contributed by atoms with Crippen LogP contribution in [0.4, 0.5) is 10.1 Å². The highest BCUT2D eigenvalue weighted by Gasteiger charge is 2.23. The molecule has 1 amide bonds. The minimum absolute atomic E-state index is 0.283. The molecule has 2 aromatic carbocycles. The van der Waals surface area contributed by atoms with E-state index in [0.717, 1.165) is 5.56 Å². The van der Waals surface area contributed by atoms with E-state index in [1.165, 1.54) is 12.1 Å². The summed E-state index contributed by atoms with van der Waals surface area (Å²) in [6.45, 7) is 3.83. The topological polar surface area (TPSA) is 67.7 Å². The first-order valence-electron chi connectivity index (χ1n) is 11.3. The van der Waals surface area contributed by atoms with Crippen LogP contribution in [0.3, 0.4) is 0 Å². The van der Waals surface area contributed by atoms with Crippen LogP contribution in [0, 0.1) is 12.7 Å². The normalized spacial score (nSPS) is 13.9. The largest absolute Gasteiger partial charge is 0.452 e. The standard InChI is InChI=1S/C26H26ClFN4O3/c1-19-21(26(27)32(29-19)17-20-7-3-2-4-8-20)11-12-25(34)35-18-24(33)31-15-13-30(14-16-31)23-10-6-5-9-22(23)28/h2-12H,13-18H2,1H3/b12-11+. The SMILES string of the molecule is Cc1nn(Cc2ccccc2)c(Cl)c1/C=C/C(=O)OCC(=O)N1CCN(c2ccccc2F)CC1. The number of esters is 1. The molecule has 1 saturated heterocycles. The van der Waals surface area contributed by atoms with Crippen LogP contribution in [-0.4, -0.2) is 59.3 Å². The number of rotatable bonds is 7. The zero-order valence-electron chi connectivity index (χ0n) is 19.4. The van der Waals surface area contributed by atoms with Crippen molar-refractivity contribution in [3.05, 3.63) is 88.5 Å². The number of benzene rings is 2. The van der Waals surface area contributed by atoms with Gasteiger partial charge in [-0.15, -0.1) is 0 Å². The Kier molecular flexibility index (Phi) is 7.82. The van der Waals surface area contributed by atoms with E-state index in [2.05, 4.69) is 5.10 Å². The molecule has 182 valence electrons. The number of carbonyl (C=O) groups is 2. The highest BCUT2D eigenvalue weighted by molar-refractivity contribution is 6.31. The molecule has 3 aromatic rings. The van der Waals surface area contributed by atoms with Gasteiger partial charge >= 0.3 is 5.97 Å². The third-order valence-electron chi connectivity index (χ3n) is 5.83. The Hall–Kier alpha value is -3.65. The van der Waals surface area contributed by atoms with Gasteiger partial charge in [0.15, 0.2) is 6.61 Å². The van der Waals surface area contributed by atoms with Crippen LogP contribution in [0.25, 0.3) is 6.08 Å². The third kappa shape index (κ3) is 6.08. The molecular weight excluding hydrogens is 471 g/mol. The van der Waals surface area contributed by atoms with Gasteiger partial charge < -0.3 is 14.5 Å². The van der Waals surface area contributed by atoms with Crippen molar-refractivity contribution in [3.8, 4) is 0 Å². The van der Waals surface area contributed by atoms with Gasteiger partial charge in [-0.2, -0.15) is 5.10 Å². The second-order valence-corrected chi connectivity index (χ2v) is 8.55. The molecule has 0 spiro atoms. The fraction of sp³-hybridized carbons (Fsp3) is 0.269. The van der Waals surface area contributed by atoms with Crippen LogP contribution >= 0.6 is 11.6 Å². The van der Waals surface area contributed by atoms with Gasteiger partial charge in [0, 0.05) is 37.8 Å². The lowest BCUT2D eigenvalue weighted by Crippen LogP contribution is -2.50. The molecule has 0 radical (unpaired) electrons. The van der Waals surface area contributed by atoms with Crippen molar-refractivity contribution >= 4 is 35.2 Å². The first-order chi connectivity index (χ1) is 16.9. The molecule has 35 heavy (non-hydrogen) atoms. The lowest BCUT2D eigenvalue weighted by atomic mass is 10.2. The molecule has 7 nitrogen and oxygen atoms in total. The molecule has 0 bridgehead atoms. The van der Waals surface area contributed by atoms with E-state index < -0.39 is 5.97 Å². The maximum atomic E-state index is 14.0. The van der Waals surface area contributed by atoms with Crippen LogP contribution in [-0.2, 0) is 20.9 Å². The average Bonchev–Trinajstić information content (AvgIpc) is 3.14. The van der Waals surface area contributed by atoms with Crippen molar-refractivity contribution in [2.24, 2.45) is 0 Å². The van der Waals surface area contributed by atoms with Crippen molar-refractivity contribution in [2.45, 2.75) is 13.5 Å². The Morgan fingerprint density at radius 2 is 1.74 bits per heavy atom. The molecule has 1 aliphatic rings. The van der Waals surface area contributed by atoms with E-state index in [4.69, 9.17) is 16.3 Å². The summed E-state index contributed by atoms with van der Waals surface area (Å²) in [6, 6.07) is 16.4. The molecule has 9 heteroatoms. The Balaban J connectivity index is 1.27. The number of anilines is 1. The number of hydrogen-bond donors (Lipinski definition) is 0. The van der Waals surface area contributed by atoms with Crippen LogP contribution in [0.5, 0.6) is 0 Å². The number of halogens is 2. The number of para-hydroxylation sites is 1. The summed E-state index contributed by atoms with van der Waals surface area (Å²) in [7, 11) is 0. The zero-order valence-corrected chi connectivity index (χ0v) is 20.1. The van der Waals surface area contributed by atoms with Gasteiger partial charge in [0.05, 0.1) is 17.9 Å². The number of piperazine rings is 1. The molecule has 0 aliphatic carbocycles. The lowest BCUT2D eigenvalue weighted by molar-refractivity contribution is -0.148. The van der Waals surface area contributed by atoms with E-state index in [1.807, 2.05) is 42.2 Å². The second-order valence-electron chi connectivity index (χ2n) is 8.19. The summed E-state index contributed by atoms with van der Waals surface area (Å²) in [5.74, 6) is -1.21. The van der Waals surface area contributed by atoms with Gasteiger partial charge in [0.2, 0.25) is 0 Å². The Labute approximate surface area is 208 Å². The zero-order chi connectivity index (χ0) is 24.8. The average molecular weight is 497 g/mol. The van der Waals surface area contributed by atoms with Gasteiger partial charge in [0.25, 0.3) is 5.91 Å². The van der Waals surface area contributed by atoms with Gasteiger partial charge in [-0.1, -0.05) is 54.1 Å². The molecular formula is C26H26ClFN4O3. The van der Waals surface area contributed by atoms with E-state index in [1.54, 1.807) is 33.9 Å². The second kappa shape index (κ2) is 11.2. The number of amides is 1. The van der Waals surface area contributed by atoms with Gasteiger partial charge in [-0.05, 0) is 30.7 Å². The fourth-order valence-electron chi connectivity index (χ4n) is 3.95. The van der Waals surface area contributed by atoms with Crippen molar-refractivity contribution in [1.82, 2.24) is 14.7 Å². The molecule has 0 saturated carbocycles. The summed E-state index contributed by atoms with van der Waals surface area (Å²) >= 11 is 6.47. The summed E-state index contributed by atoms with van der Waals surface area (Å²) < 4.78 is 20.8. The highest BCUT2D eigenvalue weighted by atomic mass is 35.5. The number of nitrogens with zero attached hydrogens (tertiary/aromatic N) is 4. The van der Waals surface area contributed by atoms with Crippen molar-refractivity contribution in [1.29, 1.82) is 0 Å². The summed E-state index contributed by atoms with van der Waals surface area (Å²) in [5, 5.41) is 4.86. The van der Waals surface area contributed by atoms with Crippen LogP contribution in [0.1, 0.15) is 16.8 Å². The summed E-state index contributed by atoms with van der Waals surface area (Å²) in [6.07, 6.45) is 2.79. The number of carbonyl (C=O) groups excluding carboxylic acids is 2. The Morgan fingerprint density at radius 3 is 2.46 bits per heavy atom. The minimum atomic E-state index is -0.644. The molecule has 1 fully saturated rings. The van der Waals surface area contributed by atoms with E-state index in [9.17, 15) is 14.0 Å². The molecule has 4 rings (SSSR count). The quantitative estimate of drug-likeness (QED) is 0.366. The number of aromatic nitrogens is 2. The molecule has 2 heterocycles. The molecule has 1 aliphatic heterocycles. The van der Waals surface area contributed by atoms with Crippen LogP contribution in [0.15, 0.2) is 60.7 Å². The molecule has 0 unspecified atom stereocenters. The predicted octanol–water partition coefficient (Wildman–Crippen LogP) is 3.94. The van der Waals surface area contributed by atoms with E-state index in [-0.39, 0.29) is 18.3 Å². The number of ether oxygens (including phenoxy) is 1. The molecule has 1 aromatic heterocycles. The molecule has 0 N–H and O–H groups in total. The molecule has 0 atom stereocenters. The third-order valence-corrected chi connectivity index (χ3v) is 6.23. The van der Waals surface area contributed by atoms with E-state index >= 15 is 0 Å². The van der Waals surface area contributed by atoms with Crippen molar-refractivity contribution in [2.75, 3.05) is 37.7 Å². The van der Waals surface area contributed by atoms with Crippen molar-refractivity contribution in [3.63, 3.8) is 0 Å². The van der Waals surface area contributed by atoms with Crippen molar-refractivity contribution < 1.29 is 18.7 Å². The predicted molar refractivity (Wildman–Crippen MR) is 133 cm³/mol. The maximum Gasteiger partial charge on any atom is 0.331 e. The fourth-order valence-corrected chi connectivity index (χ4v) is 4.24. The highest BCUT2D eigenvalue weighted by Crippen LogP contribution is 2.23. The lowest BCUT2D eigenvalue weighted by Gasteiger charge is -2.36. The summed E-state index contributed by atoms with van der Waals surface area (Å²) in [5.41, 5.74) is 2.88. The van der Waals surface area contributed by atoms with Gasteiger partial charge in [-0.25, -0.2) is 13.9 Å². The Morgan fingerprint density at radius 1 is 1.06 bits per heavy atom. The maximum absolute atomic E-state index is 14.0. The number of hydrogen-bond acceptors (Lipinski definition) is 5. The minimum Gasteiger partial charge on any atom is -0.452 e. The number of aryl methyl sites for hydroxylation is 1. The monoisotopic (exact) mass is 496 g/mol. The van der Waals surface area contributed by atoms with Gasteiger partial charge in [0.1, 0.15) is 11.0 Å². The van der Waals surface area contributed by atoms with Crippen LogP contribution in [0.2, 0.25) is 5.15 Å².